The first kappa shape index (κ1) is 43.7. The number of carbonyl (C=O) groups excluding carboxylic acids is 2. The Kier molecular flexibility index (Phi) is 13.4. The highest BCUT2D eigenvalue weighted by Gasteiger charge is 2.54. The van der Waals surface area contributed by atoms with Crippen LogP contribution in [0.2, 0.25) is 0 Å². The molecule has 0 bridgehead atoms. The van der Waals surface area contributed by atoms with E-state index in [0.717, 1.165) is 82.4 Å². The van der Waals surface area contributed by atoms with E-state index in [0.29, 0.717) is 76.1 Å². The van der Waals surface area contributed by atoms with Crippen molar-refractivity contribution in [3.8, 4) is 11.5 Å². The average molecular weight is 864 g/mol. The second kappa shape index (κ2) is 19.3. The smallest absolute Gasteiger partial charge is 0.323 e. The van der Waals surface area contributed by atoms with E-state index < -0.39 is 12.0 Å². The van der Waals surface area contributed by atoms with Crippen LogP contribution < -0.4 is 10.1 Å². The van der Waals surface area contributed by atoms with Crippen molar-refractivity contribution in [3.05, 3.63) is 89.0 Å². The molecule has 9 rings (SSSR count). The largest absolute Gasteiger partial charge is 0.506 e. The number of fused-ring (bicyclic) bond motifs is 1. The van der Waals surface area contributed by atoms with E-state index in [9.17, 15) is 24.6 Å². The average Bonchev–Trinajstić information content (AvgIpc) is 4.02. The molecular weight excluding hydrogens is 799 g/mol. The van der Waals surface area contributed by atoms with Crippen LogP contribution in [0.5, 0.6) is 11.5 Å². The normalized spacial score (nSPS) is 23.6. The summed E-state index contributed by atoms with van der Waals surface area (Å²) in [4.78, 5) is 47.7. The number of carboxylic acid groups (broad SMARTS) is 1. The number of ether oxygens (including phenoxy) is 3. The molecule has 3 saturated heterocycles. The molecule has 13 heteroatoms. The van der Waals surface area contributed by atoms with Crippen molar-refractivity contribution in [1.29, 1.82) is 0 Å². The second-order valence-electron chi connectivity index (χ2n) is 18.9. The third kappa shape index (κ3) is 9.93. The Bertz CT molecular complexity index is 2080. The van der Waals surface area contributed by atoms with Crippen LogP contribution in [0.25, 0.3) is 0 Å². The van der Waals surface area contributed by atoms with Gasteiger partial charge in [0, 0.05) is 64.9 Å². The molecule has 0 radical (unpaired) electrons. The molecule has 3 aromatic carbocycles. The number of anilines is 1. The first-order valence-electron chi connectivity index (χ1n) is 23.6. The zero-order valence-corrected chi connectivity index (χ0v) is 36.7. The summed E-state index contributed by atoms with van der Waals surface area (Å²) >= 11 is 0. The fourth-order valence-electron chi connectivity index (χ4n) is 11.1. The van der Waals surface area contributed by atoms with Crippen LogP contribution in [-0.2, 0) is 48.7 Å². The molecule has 2 amide bonds. The number of nitrogens with zero attached hydrogens (tertiary/aromatic N) is 4. The van der Waals surface area contributed by atoms with Crippen molar-refractivity contribution in [2.45, 2.75) is 113 Å². The lowest BCUT2D eigenvalue weighted by Crippen LogP contribution is -2.59. The van der Waals surface area contributed by atoms with Crippen LogP contribution in [-0.4, -0.2) is 144 Å². The number of aromatic hydroxyl groups is 1. The Labute approximate surface area is 371 Å². The van der Waals surface area contributed by atoms with Gasteiger partial charge in [0.05, 0.1) is 30.3 Å². The SMILES string of the molecule is O=C1COc2c(CCN(CCN3CCC(OCCc4cccc(CN5CCC6(CC5)CN(C(=O)C5(c7ccccc7)CC5)CCO6)c4)[C@H]3C(=O)O)C3CCCCC3)ccc(O)c2N1. The number of hydrogen-bond donors (Lipinski definition) is 3. The molecule has 2 atom stereocenters. The Hall–Kier alpha value is -4.53. The predicted molar refractivity (Wildman–Crippen MR) is 239 cm³/mol. The van der Waals surface area contributed by atoms with Crippen molar-refractivity contribution < 1.29 is 38.8 Å². The lowest BCUT2D eigenvalue weighted by atomic mass is 9.87. The molecule has 1 spiro atoms. The van der Waals surface area contributed by atoms with Gasteiger partial charge in [-0.2, -0.15) is 0 Å². The van der Waals surface area contributed by atoms with E-state index in [1.807, 2.05) is 24.3 Å². The highest BCUT2D eigenvalue weighted by Crippen LogP contribution is 2.50. The maximum absolute atomic E-state index is 13.9. The first-order chi connectivity index (χ1) is 30.7. The van der Waals surface area contributed by atoms with Gasteiger partial charge in [-0.3, -0.25) is 29.1 Å². The maximum Gasteiger partial charge on any atom is 0.323 e. The zero-order chi connectivity index (χ0) is 43.4. The number of amides is 2. The number of carbonyl (C=O) groups is 3. The molecule has 2 aliphatic carbocycles. The molecule has 13 nitrogen and oxygen atoms in total. The fraction of sp³-hybridized carbons (Fsp3) is 0.580. The van der Waals surface area contributed by atoms with Gasteiger partial charge in [0.25, 0.3) is 5.91 Å². The van der Waals surface area contributed by atoms with E-state index in [1.54, 1.807) is 6.07 Å². The molecule has 3 N–H and O–H groups in total. The molecule has 2 saturated carbocycles. The molecule has 4 heterocycles. The van der Waals surface area contributed by atoms with Gasteiger partial charge < -0.3 is 34.6 Å². The van der Waals surface area contributed by atoms with Crippen molar-refractivity contribution in [3.63, 3.8) is 0 Å². The summed E-state index contributed by atoms with van der Waals surface area (Å²) in [5, 5.41) is 23.6. The van der Waals surface area contributed by atoms with E-state index in [1.165, 1.54) is 30.4 Å². The topological polar surface area (TPSA) is 144 Å². The van der Waals surface area contributed by atoms with Gasteiger partial charge in [0.2, 0.25) is 5.91 Å². The summed E-state index contributed by atoms with van der Waals surface area (Å²) in [6.45, 7) is 7.86. The standard InChI is InChI=1S/C50H65N5O8/c56-41-15-14-38(46-44(41)51-43(57)34-62-46)16-23-53(40-12-5-2-6-13-40)27-28-54-24-17-42(45(54)47(58)59)61-30-18-36-8-7-9-37(32-36)33-52-25-21-49(22-26-52)35-55(29-31-63-49)48(60)50(19-20-50)39-10-3-1-4-11-39/h1,3-4,7-11,14-15,32,40,42,45,56H,2,5-6,12-13,16-31,33-35H2,(H,51,57)(H,58,59)/t42?,45-/m0/s1. The number of morpholine rings is 1. The molecule has 63 heavy (non-hydrogen) atoms. The molecule has 6 aliphatic rings. The second-order valence-corrected chi connectivity index (χ2v) is 18.9. The number of piperidine rings is 1. The van der Waals surface area contributed by atoms with Crippen LogP contribution >= 0.6 is 0 Å². The molecule has 0 aromatic heterocycles. The minimum atomic E-state index is -0.834. The zero-order valence-electron chi connectivity index (χ0n) is 36.7. The number of likely N-dealkylation sites (tertiary alicyclic amines) is 2. The third-order valence-corrected chi connectivity index (χ3v) is 14.9. The Balaban J connectivity index is 0.743. The van der Waals surface area contributed by atoms with Crippen LogP contribution in [0.1, 0.15) is 86.5 Å². The van der Waals surface area contributed by atoms with Crippen molar-refractivity contribution in [1.82, 2.24) is 19.6 Å². The van der Waals surface area contributed by atoms with Gasteiger partial charge in [0.1, 0.15) is 17.5 Å². The number of phenols is 1. The summed E-state index contributed by atoms with van der Waals surface area (Å²) in [5.74, 6) is -0.311. The summed E-state index contributed by atoms with van der Waals surface area (Å²) in [6.07, 6.45) is 11.3. The minimum absolute atomic E-state index is 0.00339. The molecule has 338 valence electrons. The summed E-state index contributed by atoms with van der Waals surface area (Å²) in [5.41, 5.74) is 4.24. The van der Waals surface area contributed by atoms with Gasteiger partial charge in [-0.15, -0.1) is 0 Å². The number of phenolic OH excluding ortho intramolecular Hbond substituents is 1. The van der Waals surface area contributed by atoms with Crippen LogP contribution in [0.3, 0.4) is 0 Å². The van der Waals surface area contributed by atoms with Gasteiger partial charge in [-0.1, -0.05) is 79.9 Å². The Morgan fingerprint density at radius 1 is 0.873 bits per heavy atom. The molecule has 4 aliphatic heterocycles. The number of hydrogen-bond acceptors (Lipinski definition) is 10. The summed E-state index contributed by atoms with van der Waals surface area (Å²) in [6, 6.07) is 22.2. The number of rotatable bonds is 16. The van der Waals surface area contributed by atoms with Crippen LogP contribution in [0.15, 0.2) is 66.7 Å². The lowest BCUT2D eigenvalue weighted by Gasteiger charge is -2.48. The number of benzene rings is 3. The number of carboxylic acids is 1. The Morgan fingerprint density at radius 3 is 2.44 bits per heavy atom. The third-order valence-electron chi connectivity index (χ3n) is 14.9. The van der Waals surface area contributed by atoms with Gasteiger partial charge >= 0.3 is 5.97 Å². The van der Waals surface area contributed by atoms with E-state index >= 15 is 0 Å². The summed E-state index contributed by atoms with van der Waals surface area (Å²) in [7, 11) is 0. The molecule has 1 unspecified atom stereocenters. The van der Waals surface area contributed by atoms with E-state index in [4.69, 9.17) is 14.2 Å². The quantitative estimate of drug-likeness (QED) is 0.155. The minimum Gasteiger partial charge on any atom is -0.506 e. The molecular formula is C50H65N5O8. The van der Waals surface area contributed by atoms with Crippen LogP contribution in [0, 0.1) is 0 Å². The van der Waals surface area contributed by atoms with E-state index in [2.05, 4.69) is 61.3 Å². The van der Waals surface area contributed by atoms with Gasteiger partial charge in [-0.05, 0) is 86.1 Å². The van der Waals surface area contributed by atoms with E-state index in [-0.39, 0.29) is 41.3 Å². The number of nitrogens with one attached hydrogen (secondary N) is 1. The first-order valence-corrected chi connectivity index (χ1v) is 23.6. The van der Waals surface area contributed by atoms with Crippen molar-refractivity contribution in [2.24, 2.45) is 0 Å². The highest BCUT2D eigenvalue weighted by atomic mass is 16.5. The lowest BCUT2D eigenvalue weighted by molar-refractivity contribution is -0.161. The monoisotopic (exact) mass is 863 g/mol. The van der Waals surface area contributed by atoms with Gasteiger partial charge in [0.15, 0.2) is 12.4 Å². The Morgan fingerprint density at radius 2 is 1.67 bits per heavy atom. The van der Waals surface area contributed by atoms with Gasteiger partial charge in [-0.25, -0.2) is 0 Å². The molecule has 5 fully saturated rings. The van der Waals surface area contributed by atoms with Crippen molar-refractivity contribution >= 4 is 23.5 Å². The molecule has 3 aromatic rings. The van der Waals surface area contributed by atoms with Crippen LogP contribution in [0.4, 0.5) is 5.69 Å². The number of aliphatic carboxylic acids is 1. The highest BCUT2D eigenvalue weighted by molar-refractivity contribution is 5.97. The summed E-state index contributed by atoms with van der Waals surface area (Å²) < 4.78 is 18.6. The predicted octanol–water partition coefficient (Wildman–Crippen LogP) is 5.61. The maximum atomic E-state index is 13.9. The fourth-order valence-corrected chi connectivity index (χ4v) is 11.1. The van der Waals surface area contributed by atoms with Crippen molar-refractivity contribution in [2.75, 3.05) is 77.5 Å².